The average Bonchev–Trinajstić information content (AvgIpc) is 2.09. The Morgan fingerprint density at radius 3 is 2.00 bits per heavy atom. The summed E-state index contributed by atoms with van der Waals surface area (Å²) in [5.41, 5.74) is -0.299. The lowest BCUT2D eigenvalue weighted by molar-refractivity contribution is 0.164. The van der Waals surface area contributed by atoms with Gasteiger partial charge in [-0.2, -0.15) is 0 Å². The van der Waals surface area contributed by atoms with Crippen molar-refractivity contribution in [3.63, 3.8) is 0 Å². The maximum atomic E-state index is 13.0. The third kappa shape index (κ3) is 5.43. The van der Waals surface area contributed by atoms with Crippen molar-refractivity contribution < 1.29 is 13.2 Å². The topological polar surface area (TPSA) is 9.23 Å². The van der Waals surface area contributed by atoms with Crippen LogP contribution in [0.25, 0.3) is 0 Å². The highest BCUT2D eigenvalue weighted by Crippen LogP contribution is 2.16. The monoisotopic (exact) mass is 268 g/mol. The van der Waals surface area contributed by atoms with Crippen molar-refractivity contribution in [3.05, 3.63) is 35.4 Å². The normalized spacial score (nSPS) is 11.9. The van der Waals surface area contributed by atoms with E-state index < -0.39 is 25.6 Å². The predicted octanol–water partition coefficient (Wildman–Crippen LogP) is 3.95. The molecule has 98 valence electrons. The Kier molecular flexibility index (Phi) is 4.31. The Balaban J connectivity index is 2.93. The highest BCUT2D eigenvalue weighted by Gasteiger charge is 2.25. The SMILES string of the molecule is CC(C)(C#Cc1cc(F)cc(F)c1)O[Si](C)(C)C. The van der Waals surface area contributed by atoms with Gasteiger partial charge >= 0.3 is 0 Å². The first-order valence-corrected chi connectivity index (χ1v) is 9.18. The third-order valence-electron chi connectivity index (χ3n) is 1.93. The van der Waals surface area contributed by atoms with Crippen molar-refractivity contribution in [1.29, 1.82) is 0 Å². The zero-order valence-corrected chi connectivity index (χ0v) is 12.4. The van der Waals surface area contributed by atoms with E-state index in [4.69, 9.17) is 4.43 Å². The molecule has 0 amide bonds. The van der Waals surface area contributed by atoms with Crippen LogP contribution in [0.4, 0.5) is 8.78 Å². The van der Waals surface area contributed by atoms with Crippen LogP contribution in [0.15, 0.2) is 18.2 Å². The van der Waals surface area contributed by atoms with Crippen molar-refractivity contribution in [3.8, 4) is 11.8 Å². The first kappa shape index (κ1) is 14.9. The van der Waals surface area contributed by atoms with Crippen LogP contribution in [0.2, 0.25) is 19.6 Å². The van der Waals surface area contributed by atoms with Crippen LogP contribution in [-0.4, -0.2) is 13.9 Å². The van der Waals surface area contributed by atoms with Gasteiger partial charge in [-0.25, -0.2) is 8.78 Å². The van der Waals surface area contributed by atoms with Gasteiger partial charge in [0.2, 0.25) is 0 Å². The smallest absolute Gasteiger partial charge is 0.185 e. The summed E-state index contributed by atoms with van der Waals surface area (Å²) < 4.78 is 31.9. The van der Waals surface area contributed by atoms with Crippen LogP contribution >= 0.6 is 0 Å². The summed E-state index contributed by atoms with van der Waals surface area (Å²) in [5.74, 6) is 4.43. The molecule has 0 heterocycles. The molecule has 0 radical (unpaired) electrons. The quantitative estimate of drug-likeness (QED) is 0.583. The van der Waals surface area contributed by atoms with Gasteiger partial charge in [-0.3, -0.25) is 0 Å². The molecule has 0 atom stereocenters. The lowest BCUT2D eigenvalue weighted by Crippen LogP contribution is -2.37. The van der Waals surface area contributed by atoms with Crippen LogP contribution in [-0.2, 0) is 4.43 Å². The van der Waals surface area contributed by atoms with Gasteiger partial charge in [-0.05, 0) is 45.6 Å². The molecular weight excluding hydrogens is 250 g/mol. The van der Waals surface area contributed by atoms with Crippen LogP contribution < -0.4 is 0 Å². The molecule has 0 saturated heterocycles. The molecule has 0 aliphatic rings. The molecule has 0 saturated carbocycles. The van der Waals surface area contributed by atoms with Crippen LogP contribution in [0.3, 0.4) is 0 Å². The standard InChI is InChI=1S/C14H18F2OSi/c1-14(2,17-18(3,4)5)7-6-11-8-12(15)10-13(16)9-11/h8-10H,1-5H3. The van der Waals surface area contributed by atoms with Gasteiger partial charge in [0.05, 0.1) is 0 Å². The molecule has 0 fully saturated rings. The van der Waals surface area contributed by atoms with Crippen molar-refractivity contribution in [2.45, 2.75) is 39.1 Å². The van der Waals surface area contributed by atoms with E-state index >= 15 is 0 Å². The molecule has 0 bridgehead atoms. The Morgan fingerprint density at radius 2 is 1.56 bits per heavy atom. The minimum Gasteiger partial charge on any atom is -0.402 e. The predicted molar refractivity (Wildman–Crippen MR) is 71.7 cm³/mol. The maximum absolute atomic E-state index is 13.0. The molecule has 0 unspecified atom stereocenters. The fourth-order valence-corrected chi connectivity index (χ4v) is 3.22. The molecule has 0 spiro atoms. The molecule has 0 aromatic heterocycles. The van der Waals surface area contributed by atoms with Crippen LogP contribution in [0, 0.1) is 23.5 Å². The summed E-state index contributed by atoms with van der Waals surface area (Å²) in [4.78, 5) is 0. The number of hydrogen-bond donors (Lipinski definition) is 0. The lowest BCUT2D eigenvalue weighted by atomic mass is 10.1. The Bertz CT molecular complexity index is 472. The zero-order valence-electron chi connectivity index (χ0n) is 11.4. The summed E-state index contributed by atoms with van der Waals surface area (Å²) in [6.07, 6.45) is 0. The van der Waals surface area contributed by atoms with Crippen molar-refractivity contribution in [2.75, 3.05) is 0 Å². The van der Waals surface area contributed by atoms with Crippen molar-refractivity contribution in [1.82, 2.24) is 0 Å². The number of halogens is 2. The lowest BCUT2D eigenvalue weighted by Gasteiger charge is -2.28. The first-order valence-electron chi connectivity index (χ1n) is 5.77. The van der Waals surface area contributed by atoms with Gasteiger partial charge in [0.15, 0.2) is 8.32 Å². The van der Waals surface area contributed by atoms with Gasteiger partial charge in [0.1, 0.15) is 17.2 Å². The Hall–Kier alpha value is -1.18. The van der Waals surface area contributed by atoms with E-state index in [0.29, 0.717) is 5.56 Å². The van der Waals surface area contributed by atoms with Gasteiger partial charge in [-0.1, -0.05) is 11.8 Å². The molecule has 0 aliphatic heterocycles. The fourth-order valence-electron chi connectivity index (χ4n) is 1.64. The highest BCUT2D eigenvalue weighted by molar-refractivity contribution is 6.69. The summed E-state index contributed by atoms with van der Waals surface area (Å²) >= 11 is 0. The molecule has 18 heavy (non-hydrogen) atoms. The summed E-state index contributed by atoms with van der Waals surface area (Å²) in [6, 6.07) is 3.25. The second-order valence-electron chi connectivity index (χ2n) is 5.63. The average molecular weight is 268 g/mol. The van der Waals surface area contributed by atoms with E-state index in [0.717, 1.165) is 6.07 Å². The first-order chi connectivity index (χ1) is 8.07. The summed E-state index contributed by atoms with van der Waals surface area (Å²) in [6.45, 7) is 9.91. The van der Waals surface area contributed by atoms with Crippen LogP contribution in [0.5, 0.6) is 0 Å². The number of rotatable bonds is 2. The van der Waals surface area contributed by atoms with E-state index in [9.17, 15) is 8.78 Å². The molecule has 1 rings (SSSR count). The zero-order chi connectivity index (χ0) is 14.0. The molecule has 0 aliphatic carbocycles. The molecule has 0 N–H and O–H groups in total. The molecule has 1 aromatic rings. The van der Waals surface area contributed by atoms with Gasteiger partial charge in [-0.15, -0.1) is 0 Å². The second kappa shape index (κ2) is 5.21. The highest BCUT2D eigenvalue weighted by atomic mass is 28.4. The second-order valence-corrected chi connectivity index (χ2v) is 10.1. The third-order valence-corrected chi connectivity index (χ3v) is 3.05. The van der Waals surface area contributed by atoms with E-state index in [2.05, 4.69) is 31.5 Å². The summed E-state index contributed by atoms with van der Waals surface area (Å²) in [7, 11) is -1.70. The molecular formula is C14H18F2OSi. The Morgan fingerprint density at radius 1 is 1.06 bits per heavy atom. The molecule has 1 nitrogen and oxygen atoms in total. The van der Waals surface area contributed by atoms with E-state index in [1.165, 1.54) is 12.1 Å². The van der Waals surface area contributed by atoms with E-state index in [-0.39, 0.29) is 0 Å². The minimum absolute atomic E-state index is 0.319. The molecule has 1 aromatic carbocycles. The number of hydrogen-bond acceptors (Lipinski definition) is 1. The van der Waals surface area contributed by atoms with Gasteiger partial charge in [0.25, 0.3) is 0 Å². The van der Waals surface area contributed by atoms with Crippen molar-refractivity contribution >= 4 is 8.32 Å². The minimum atomic E-state index is -1.70. The van der Waals surface area contributed by atoms with E-state index in [1.54, 1.807) is 0 Å². The van der Waals surface area contributed by atoms with Gasteiger partial charge < -0.3 is 4.43 Å². The largest absolute Gasteiger partial charge is 0.402 e. The number of benzene rings is 1. The maximum Gasteiger partial charge on any atom is 0.185 e. The van der Waals surface area contributed by atoms with E-state index in [1.807, 2.05) is 13.8 Å². The Labute approximate surface area is 108 Å². The van der Waals surface area contributed by atoms with Crippen molar-refractivity contribution in [2.24, 2.45) is 0 Å². The fraction of sp³-hybridized carbons (Fsp3) is 0.429. The van der Waals surface area contributed by atoms with Crippen LogP contribution in [0.1, 0.15) is 19.4 Å². The molecule has 4 heteroatoms. The summed E-state index contributed by atoms with van der Waals surface area (Å²) in [5, 5.41) is 0. The van der Waals surface area contributed by atoms with Gasteiger partial charge in [0, 0.05) is 11.6 Å².